The monoisotopic (exact) mass is 448 g/mol. The molecule has 0 aliphatic carbocycles. The zero-order chi connectivity index (χ0) is 22.1. The van der Waals surface area contributed by atoms with Crippen molar-refractivity contribution in [1.82, 2.24) is 29.9 Å². The molecule has 2 N–H and O–H groups in total. The molecule has 164 valence electrons. The Morgan fingerprint density at radius 2 is 1.94 bits per heavy atom. The number of rotatable bonds is 5. The molecule has 0 unspecified atom stereocenters. The van der Waals surface area contributed by atoms with Gasteiger partial charge in [-0.2, -0.15) is 10.2 Å². The highest BCUT2D eigenvalue weighted by atomic mass is 32.1. The van der Waals surface area contributed by atoms with Gasteiger partial charge in [-0.15, -0.1) is 11.3 Å². The van der Waals surface area contributed by atoms with Crippen LogP contribution in [0.25, 0.3) is 16.3 Å². The summed E-state index contributed by atoms with van der Waals surface area (Å²) in [4.78, 5) is 28.2. The largest absolute Gasteiger partial charge is 0.347 e. The van der Waals surface area contributed by atoms with E-state index in [4.69, 9.17) is 0 Å². The molecule has 8 nitrogen and oxygen atoms in total. The van der Waals surface area contributed by atoms with E-state index in [1.807, 2.05) is 59.7 Å². The first-order valence-corrected chi connectivity index (χ1v) is 11.6. The third-order valence-corrected chi connectivity index (χ3v) is 6.96. The molecule has 1 amide bonds. The van der Waals surface area contributed by atoms with Gasteiger partial charge in [0.25, 0.3) is 5.91 Å². The zero-order valence-electron chi connectivity index (χ0n) is 17.7. The number of benzene rings is 1. The van der Waals surface area contributed by atoms with Crippen LogP contribution in [-0.4, -0.2) is 48.9 Å². The molecule has 1 fully saturated rings. The third-order valence-electron chi connectivity index (χ3n) is 6.05. The minimum absolute atomic E-state index is 0.0425. The number of likely N-dealkylation sites (tertiary alicyclic amines) is 1. The lowest BCUT2D eigenvalue weighted by atomic mass is 9.93. The van der Waals surface area contributed by atoms with Gasteiger partial charge in [0, 0.05) is 19.5 Å². The van der Waals surface area contributed by atoms with Crippen molar-refractivity contribution in [3.05, 3.63) is 75.4 Å². The maximum absolute atomic E-state index is 12.9. The predicted molar refractivity (Wildman–Crippen MR) is 123 cm³/mol. The van der Waals surface area contributed by atoms with Gasteiger partial charge in [-0.25, -0.2) is 14.5 Å². The Kier molecular flexibility index (Phi) is 5.48. The lowest BCUT2D eigenvalue weighted by Gasteiger charge is -2.31. The van der Waals surface area contributed by atoms with E-state index in [2.05, 4.69) is 20.4 Å². The fourth-order valence-electron chi connectivity index (χ4n) is 4.28. The maximum atomic E-state index is 12.9. The summed E-state index contributed by atoms with van der Waals surface area (Å²) in [7, 11) is 0. The van der Waals surface area contributed by atoms with Crippen LogP contribution < -0.4 is 5.69 Å². The molecule has 1 aliphatic rings. The lowest BCUT2D eigenvalue weighted by Crippen LogP contribution is -2.39. The van der Waals surface area contributed by atoms with Gasteiger partial charge in [0.1, 0.15) is 5.82 Å². The van der Waals surface area contributed by atoms with Crippen LogP contribution in [0.15, 0.2) is 52.6 Å². The second-order valence-corrected chi connectivity index (χ2v) is 9.10. The fourth-order valence-corrected chi connectivity index (χ4v) is 4.97. The second-order valence-electron chi connectivity index (χ2n) is 8.15. The SMILES string of the molecule is Cc1ccccc1-n1c(CC2CCN(C(=O)c3cc(-c4cccs4)[nH]n3)CC2)n[nH]c1=O. The van der Waals surface area contributed by atoms with E-state index in [-0.39, 0.29) is 11.6 Å². The topological polar surface area (TPSA) is 99.7 Å². The van der Waals surface area contributed by atoms with Crippen molar-refractivity contribution in [2.24, 2.45) is 5.92 Å². The normalized spacial score (nSPS) is 14.7. The number of hydrogen-bond acceptors (Lipinski definition) is 5. The van der Waals surface area contributed by atoms with E-state index in [9.17, 15) is 9.59 Å². The molecule has 0 radical (unpaired) electrons. The molecule has 0 bridgehead atoms. The van der Waals surface area contributed by atoms with E-state index >= 15 is 0 Å². The molecule has 1 aliphatic heterocycles. The Balaban J connectivity index is 1.24. The van der Waals surface area contributed by atoms with Crippen LogP contribution in [0.2, 0.25) is 0 Å². The number of amides is 1. The van der Waals surface area contributed by atoms with Crippen molar-refractivity contribution in [1.29, 1.82) is 0 Å². The predicted octanol–water partition coefficient (Wildman–Crippen LogP) is 3.42. The summed E-state index contributed by atoms with van der Waals surface area (Å²) in [6, 6.07) is 13.6. The highest BCUT2D eigenvalue weighted by Crippen LogP contribution is 2.26. The van der Waals surface area contributed by atoms with E-state index in [0.717, 1.165) is 40.5 Å². The number of para-hydroxylation sites is 1. The van der Waals surface area contributed by atoms with Crippen molar-refractivity contribution in [3.8, 4) is 16.3 Å². The van der Waals surface area contributed by atoms with Gasteiger partial charge in [0.2, 0.25) is 0 Å². The number of H-pyrrole nitrogens is 2. The summed E-state index contributed by atoms with van der Waals surface area (Å²) in [5.41, 5.74) is 2.98. The molecule has 0 spiro atoms. The Morgan fingerprint density at radius 3 is 2.69 bits per heavy atom. The van der Waals surface area contributed by atoms with Crippen LogP contribution in [0.1, 0.15) is 34.7 Å². The average Bonchev–Trinajstić information content (AvgIpc) is 3.56. The molecule has 1 saturated heterocycles. The second kappa shape index (κ2) is 8.58. The number of piperidine rings is 1. The van der Waals surface area contributed by atoms with Crippen molar-refractivity contribution in [2.75, 3.05) is 13.1 Å². The Labute approximate surface area is 188 Å². The highest BCUT2D eigenvalue weighted by Gasteiger charge is 2.27. The van der Waals surface area contributed by atoms with E-state index in [1.165, 1.54) is 0 Å². The van der Waals surface area contributed by atoms with E-state index in [1.54, 1.807) is 15.9 Å². The summed E-state index contributed by atoms with van der Waals surface area (Å²) in [5, 5.41) is 16.1. The summed E-state index contributed by atoms with van der Waals surface area (Å²) >= 11 is 1.61. The molecule has 1 aromatic carbocycles. The van der Waals surface area contributed by atoms with Crippen molar-refractivity contribution in [2.45, 2.75) is 26.2 Å². The molecule has 0 atom stereocenters. The van der Waals surface area contributed by atoms with Crippen LogP contribution in [0, 0.1) is 12.8 Å². The first-order chi connectivity index (χ1) is 15.6. The molecule has 4 aromatic rings. The number of aromatic nitrogens is 5. The maximum Gasteiger partial charge on any atom is 0.347 e. The Hall–Kier alpha value is -3.46. The molecule has 32 heavy (non-hydrogen) atoms. The number of nitrogens with zero attached hydrogens (tertiary/aromatic N) is 4. The van der Waals surface area contributed by atoms with Crippen LogP contribution in [0.4, 0.5) is 0 Å². The molecule has 4 heterocycles. The molecular formula is C23H24N6O2S. The summed E-state index contributed by atoms with van der Waals surface area (Å²) in [6.45, 7) is 3.33. The van der Waals surface area contributed by atoms with Crippen LogP contribution in [-0.2, 0) is 6.42 Å². The minimum atomic E-state index is -0.220. The van der Waals surface area contributed by atoms with Crippen LogP contribution in [0.5, 0.6) is 0 Å². The van der Waals surface area contributed by atoms with Crippen molar-refractivity contribution < 1.29 is 4.79 Å². The van der Waals surface area contributed by atoms with E-state index < -0.39 is 0 Å². The molecule has 5 rings (SSSR count). The van der Waals surface area contributed by atoms with Crippen LogP contribution in [0.3, 0.4) is 0 Å². The smallest absolute Gasteiger partial charge is 0.337 e. The fraction of sp³-hybridized carbons (Fsp3) is 0.304. The first-order valence-electron chi connectivity index (χ1n) is 10.7. The molecular weight excluding hydrogens is 424 g/mol. The molecule has 9 heteroatoms. The zero-order valence-corrected chi connectivity index (χ0v) is 18.6. The lowest BCUT2D eigenvalue weighted by molar-refractivity contribution is 0.0683. The number of hydrogen-bond donors (Lipinski definition) is 2. The van der Waals surface area contributed by atoms with Gasteiger partial charge in [-0.3, -0.25) is 9.89 Å². The minimum Gasteiger partial charge on any atom is -0.337 e. The summed E-state index contributed by atoms with van der Waals surface area (Å²) < 4.78 is 1.67. The number of nitrogens with one attached hydrogen (secondary N) is 2. The van der Waals surface area contributed by atoms with Crippen LogP contribution >= 0.6 is 11.3 Å². The van der Waals surface area contributed by atoms with Gasteiger partial charge in [0.05, 0.1) is 16.3 Å². The quantitative estimate of drug-likeness (QED) is 0.489. The van der Waals surface area contributed by atoms with Gasteiger partial charge in [-0.1, -0.05) is 24.3 Å². The number of aromatic amines is 2. The number of aryl methyl sites for hydroxylation is 1. The number of carbonyl (C=O) groups excluding carboxylic acids is 1. The molecule has 0 saturated carbocycles. The first kappa shape index (κ1) is 20.4. The van der Waals surface area contributed by atoms with Gasteiger partial charge in [0.15, 0.2) is 5.69 Å². The molecule has 3 aromatic heterocycles. The highest BCUT2D eigenvalue weighted by molar-refractivity contribution is 7.13. The van der Waals surface area contributed by atoms with Gasteiger partial charge >= 0.3 is 5.69 Å². The third kappa shape index (κ3) is 3.91. The average molecular weight is 449 g/mol. The standard InChI is InChI=1S/C23H24N6O2S/c1-15-5-2-3-6-19(15)29-21(26-27-23(29)31)13-16-8-10-28(11-9-16)22(30)18-14-17(24-25-18)20-7-4-12-32-20/h2-7,12,14,16H,8-11,13H2,1H3,(H,24,25)(H,27,31). The number of carbonyl (C=O) groups is 1. The Morgan fingerprint density at radius 1 is 1.12 bits per heavy atom. The van der Waals surface area contributed by atoms with Crippen molar-refractivity contribution in [3.63, 3.8) is 0 Å². The van der Waals surface area contributed by atoms with Gasteiger partial charge < -0.3 is 4.90 Å². The summed E-state index contributed by atoms with van der Waals surface area (Å²) in [5.74, 6) is 1.05. The van der Waals surface area contributed by atoms with E-state index in [0.29, 0.717) is 31.1 Å². The van der Waals surface area contributed by atoms with Crippen molar-refractivity contribution >= 4 is 17.2 Å². The summed E-state index contributed by atoms with van der Waals surface area (Å²) in [6.07, 6.45) is 2.42. The Bertz CT molecular complexity index is 1280. The van der Waals surface area contributed by atoms with Gasteiger partial charge in [-0.05, 0) is 54.8 Å². The number of thiophene rings is 1.